The molecule has 0 saturated carbocycles. The summed E-state index contributed by atoms with van der Waals surface area (Å²) in [4.78, 5) is 9.52. The molecule has 1 aromatic heterocycles. The SMILES string of the molecule is COc1ccc2nc(NCCCN3CCN(c4ccc(Cl)c(Cl)c4)CC3)sc2c1.Cl. The Balaban J connectivity index is 0.00000256. The van der Waals surface area contributed by atoms with E-state index in [1.54, 1.807) is 18.4 Å². The third-order valence-corrected chi connectivity index (χ3v) is 6.88. The molecular weight excluding hydrogens is 463 g/mol. The Hall–Kier alpha value is -1.44. The summed E-state index contributed by atoms with van der Waals surface area (Å²) in [5.74, 6) is 0.868. The van der Waals surface area contributed by atoms with Gasteiger partial charge in [0.2, 0.25) is 0 Å². The Morgan fingerprint density at radius 1 is 1.07 bits per heavy atom. The molecule has 0 amide bonds. The van der Waals surface area contributed by atoms with Crippen molar-refractivity contribution >= 4 is 68.0 Å². The Morgan fingerprint density at radius 2 is 1.87 bits per heavy atom. The monoisotopic (exact) mass is 486 g/mol. The summed E-state index contributed by atoms with van der Waals surface area (Å²) in [6.45, 7) is 6.13. The molecule has 0 spiro atoms. The van der Waals surface area contributed by atoms with Crippen LogP contribution >= 0.6 is 46.9 Å². The van der Waals surface area contributed by atoms with Crippen LogP contribution in [0.4, 0.5) is 10.8 Å². The number of hydrogen-bond donors (Lipinski definition) is 1. The highest BCUT2D eigenvalue weighted by atomic mass is 35.5. The van der Waals surface area contributed by atoms with Crippen LogP contribution in [0.1, 0.15) is 6.42 Å². The summed E-state index contributed by atoms with van der Waals surface area (Å²) in [7, 11) is 1.69. The number of anilines is 2. The summed E-state index contributed by atoms with van der Waals surface area (Å²) in [6.07, 6.45) is 1.09. The number of rotatable bonds is 7. The highest BCUT2D eigenvalue weighted by molar-refractivity contribution is 7.22. The first-order valence-corrected chi connectivity index (χ1v) is 11.3. The van der Waals surface area contributed by atoms with Gasteiger partial charge in [0.15, 0.2) is 5.13 Å². The number of nitrogens with one attached hydrogen (secondary N) is 1. The number of piperazine rings is 1. The van der Waals surface area contributed by atoms with Gasteiger partial charge in [0.25, 0.3) is 0 Å². The van der Waals surface area contributed by atoms with Crippen molar-refractivity contribution < 1.29 is 4.74 Å². The molecule has 1 saturated heterocycles. The molecule has 1 aliphatic heterocycles. The molecule has 9 heteroatoms. The van der Waals surface area contributed by atoms with Gasteiger partial charge in [-0.15, -0.1) is 12.4 Å². The smallest absolute Gasteiger partial charge is 0.183 e. The van der Waals surface area contributed by atoms with Crippen molar-refractivity contribution in [1.82, 2.24) is 9.88 Å². The lowest BCUT2D eigenvalue weighted by Crippen LogP contribution is -2.46. The third kappa shape index (κ3) is 5.62. The van der Waals surface area contributed by atoms with Gasteiger partial charge >= 0.3 is 0 Å². The molecule has 0 aliphatic carbocycles. The first kappa shape index (κ1) is 23.2. The normalized spacial score (nSPS) is 14.6. The summed E-state index contributed by atoms with van der Waals surface area (Å²) in [5.41, 5.74) is 2.16. The van der Waals surface area contributed by atoms with Crippen LogP contribution in [0, 0.1) is 0 Å². The molecule has 0 unspecified atom stereocenters. The van der Waals surface area contributed by atoms with Crippen molar-refractivity contribution in [1.29, 1.82) is 0 Å². The Kier molecular flexibility index (Phi) is 8.31. The van der Waals surface area contributed by atoms with Crippen molar-refractivity contribution in [2.24, 2.45) is 0 Å². The highest BCUT2D eigenvalue weighted by Gasteiger charge is 2.17. The number of methoxy groups -OCH3 is 1. The number of aromatic nitrogens is 1. The summed E-state index contributed by atoms with van der Waals surface area (Å²) < 4.78 is 6.42. The topological polar surface area (TPSA) is 40.6 Å². The zero-order valence-corrected chi connectivity index (χ0v) is 19.9. The summed E-state index contributed by atoms with van der Waals surface area (Å²) in [5, 5.41) is 5.65. The molecule has 2 aromatic carbocycles. The fourth-order valence-electron chi connectivity index (χ4n) is 3.52. The number of thiazole rings is 1. The maximum absolute atomic E-state index is 6.15. The summed E-state index contributed by atoms with van der Waals surface area (Å²) in [6, 6.07) is 11.9. The van der Waals surface area contributed by atoms with E-state index in [2.05, 4.69) is 20.1 Å². The van der Waals surface area contributed by atoms with E-state index in [0.717, 1.165) is 72.5 Å². The zero-order chi connectivity index (χ0) is 20.2. The van der Waals surface area contributed by atoms with Crippen LogP contribution in [0.5, 0.6) is 5.75 Å². The minimum Gasteiger partial charge on any atom is -0.497 e. The van der Waals surface area contributed by atoms with E-state index in [-0.39, 0.29) is 12.4 Å². The van der Waals surface area contributed by atoms with Crippen molar-refractivity contribution in [3.63, 3.8) is 0 Å². The van der Waals surface area contributed by atoms with Crippen LogP contribution < -0.4 is 15.0 Å². The average Bonchev–Trinajstić information content (AvgIpc) is 3.15. The molecular formula is C21H25Cl3N4OS. The van der Waals surface area contributed by atoms with E-state index >= 15 is 0 Å². The molecule has 2 heterocycles. The van der Waals surface area contributed by atoms with Gasteiger partial charge in [-0.3, -0.25) is 4.90 Å². The third-order valence-electron chi connectivity index (χ3n) is 5.16. The van der Waals surface area contributed by atoms with Gasteiger partial charge in [-0.1, -0.05) is 34.5 Å². The number of ether oxygens (including phenoxy) is 1. The highest BCUT2D eigenvalue weighted by Crippen LogP contribution is 2.29. The Labute approximate surface area is 197 Å². The van der Waals surface area contributed by atoms with Gasteiger partial charge in [0.05, 0.1) is 27.4 Å². The van der Waals surface area contributed by atoms with E-state index in [4.69, 9.17) is 27.9 Å². The van der Waals surface area contributed by atoms with E-state index in [1.165, 1.54) is 0 Å². The molecule has 0 atom stereocenters. The van der Waals surface area contributed by atoms with Gasteiger partial charge in [0, 0.05) is 38.4 Å². The Bertz CT molecular complexity index is 976. The molecule has 1 fully saturated rings. The molecule has 1 N–H and O–H groups in total. The van der Waals surface area contributed by atoms with Crippen molar-refractivity contribution in [3.8, 4) is 5.75 Å². The fraction of sp³-hybridized carbons (Fsp3) is 0.381. The van der Waals surface area contributed by atoms with Gasteiger partial charge in [0.1, 0.15) is 5.75 Å². The number of fused-ring (bicyclic) bond motifs is 1. The molecule has 0 radical (unpaired) electrons. The minimum atomic E-state index is 0. The second kappa shape index (κ2) is 10.7. The second-order valence-corrected chi connectivity index (χ2v) is 8.91. The predicted octanol–water partition coefficient (Wildman–Crippen LogP) is 5.66. The van der Waals surface area contributed by atoms with E-state index in [9.17, 15) is 0 Å². The Morgan fingerprint density at radius 3 is 2.60 bits per heavy atom. The van der Waals surface area contributed by atoms with Crippen molar-refractivity contribution in [3.05, 3.63) is 46.4 Å². The van der Waals surface area contributed by atoms with E-state index < -0.39 is 0 Å². The number of benzene rings is 2. The maximum Gasteiger partial charge on any atom is 0.183 e. The zero-order valence-electron chi connectivity index (χ0n) is 16.7. The quantitative estimate of drug-likeness (QED) is 0.436. The first-order valence-electron chi connectivity index (χ1n) is 9.73. The lowest BCUT2D eigenvalue weighted by molar-refractivity contribution is 0.257. The average molecular weight is 488 g/mol. The number of hydrogen-bond acceptors (Lipinski definition) is 6. The largest absolute Gasteiger partial charge is 0.497 e. The molecule has 5 nitrogen and oxygen atoms in total. The molecule has 30 heavy (non-hydrogen) atoms. The summed E-state index contributed by atoms with van der Waals surface area (Å²) >= 11 is 13.8. The molecule has 3 aromatic rings. The van der Waals surface area contributed by atoms with Crippen LogP contribution in [0.15, 0.2) is 36.4 Å². The molecule has 4 rings (SSSR count). The lowest BCUT2D eigenvalue weighted by Gasteiger charge is -2.36. The molecule has 162 valence electrons. The van der Waals surface area contributed by atoms with Crippen LogP contribution in [0.25, 0.3) is 10.2 Å². The number of nitrogens with zero attached hydrogens (tertiary/aromatic N) is 3. The van der Waals surface area contributed by atoms with Gasteiger partial charge in [-0.25, -0.2) is 4.98 Å². The van der Waals surface area contributed by atoms with E-state index in [1.807, 2.05) is 36.4 Å². The first-order chi connectivity index (χ1) is 14.1. The number of halogens is 3. The lowest BCUT2D eigenvalue weighted by atomic mass is 10.2. The second-order valence-electron chi connectivity index (χ2n) is 7.06. The van der Waals surface area contributed by atoms with Gasteiger partial charge < -0.3 is 15.0 Å². The van der Waals surface area contributed by atoms with Crippen LogP contribution in [0.2, 0.25) is 10.0 Å². The minimum absolute atomic E-state index is 0. The fourth-order valence-corrected chi connectivity index (χ4v) is 4.73. The van der Waals surface area contributed by atoms with Gasteiger partial charge in [-0.2, -0.15) is 0 Å². The maximum atomic E-state index is 6.15. The standard InChI is InChI=1S/C21H24Cl2N4OS.ClH/c1-28-16-4-6-19-20(14-16)29-21(25-19)24-7-2-8-26-9-11-27(12-10-26)15-3-5-17(22)18(23)13-15;/h3-6,13-14H,2,7-12H2,1H3,(H,24,25);1H. The molecule has 0 bridgehead atoms. The van der Waals surface area contributed by atoms with Gasteiger partial charge in [-0.05, 0) is 49.4 Å². The van der Waals surface area contributed by atoms with Crippen molar-refractivity contribution in [2.75, 3.05) is 56.6 Å². The molecule has 1 aliphatic rings. The van der Waals surface area contributed by atoms with E-state index in [0.29, 0.717) is 10.0 Å². The van der Waals surface area contributed by atoms with Crippen LogP contribution in [-0.2, 0) is 0 Å². The van der Waals surface area contributed by atoms with Crippen molar-refractivity contribution in [2.45, 2.75) is 6.42 Å². The van der Waals surface area contributed by atoms with Crippen LogP contribution in [-0.4, -0.2) is 56.3 Å². The van der Waals surface area contributed by atoms with Crippen LogP contribution in [0.3, 0.4) is 0 Å². The predicted molar refractivity (Wildman–Crippen MR) is 132 cm³/mol.